The van der Waals surface area contributed by atoms with Gasteiger partial charge in [-0.2, -0.15) is 0 Å². The number of benzene rings is 1. The first-order valence-corrected chi connectivity index (χ1v) is 7.44. The lowest BCUT2D eigenvalue weighted by Gasteiger charge is -2.07. The summed E-state index contributed by atoms with van der Waals surface area (Å²) in [5.41, 5.74) is 5.24. The number of anilines is 1. The Bertz CT molecular complexity index is 831. The van der Waals surface area contributed by atoms with Crippen molar-refractivity contribution in [3.8, 4) is 0 Å². The minimum atomic E-state index is -0.139. The van der Waals surface area contributed by atoms with Crippen molar-refractivity contribution in [2.24, 2.45) is 0 Å². The molecule has 0 unspecified atom stereocenters. The largest absolute Gasteiger partial charge is 0.321 e. The van der Waals surface area contributed by atoms with E-state index in [1.165, 1.54) is 5.56 Å². The van der Waals surface area contributed by atoms with Gasteiger partial charge in [-0.3, -0.25) is 9.20 Å². The lowest BCUT2D eigenvalue weighted by Crippen LogP contribution is -2.15. The van der Waals surface area contributed by atoms with Gasteiger partial charge < -0.3 is 5.32 Å². The molecule has 2 aromatic heterocycles. The maximum absolute atomic E-state index is 12.6. The highest BCUT2D eigenvalue weighted by Gasteiger charge is 2.17. The van der Waals surface area contributed by atoms with Crippen LogP contribution in [0.4, 0.5) is 5.69 Å². The van der Waals surface area contributed by atoms with Gasteiger partial charge in [0.1, 0.15) is 11.3 Å². The molecule has 1 aromatic carbocycles. The Morgan fingerprint density at radius 3 is 2.59 bits per heavy atom. The van der Waals surface area contributed by atoms with E-state index in [0.29, 0.717) is 5.69 Å². The molecule has 0 aliphatic heterocycles. The van der Waals surface area contributed by atoms with Crippen LogP contribution in [0.3, 0.4) is 0 Å². The van der Waals surface area contributed by atoms with Gasteiger partial charge in [0, 0.05) is 11.9 Å². The van der Waals surface area contributed by atoms with Crippen LogP contribution in [0.25, 0.3) is 5.65 Å². The van der Waals surface area contributed by atoms with Gasteiger partial charge in [-0.1, -0.05) is 25.1 Å². The molecular formula is C18H19N3O. The number of amides is 1. The number of nitrogens with zero attached hydrogens (tertiary/aromatic N) is 2. The van der Waals surface area contributed by atoms with Crippen molar-refractivity contribution < 1.29 is 4.79 Å². The Kier molecular flexibility index (Phi) is 3.67. The highest BCUT2D eigenvalue weighted by atomic mass is 16.2. The first-order chi connectivity index (χ1) is 10.6. The smallest absolute Gasteiger partial charge is 0.274 e. The Morgan fingerprint density at radius 2 is 1.91 bits per heavy atom. The Hall–Kier alpha value is -2.62. The van der Waals surface area contributed by atoms with Gasteiger partial charge >= 0.3 is 0 Å². The molecule has 1 amide bonds. The number of carbonyl (C=O) groups is 1. The second-order valence-corrected chi connectivity index (χ2v) is 5.44. The van der Waals surface area contributed by atoms with E-state index in [1.54, 1.807) is 0 Å². The van der Waals surface area contributed by atoms with E-state index in [1.807, 2.05) is 60.8 Å². The summed E-state index contributed by atoms with van der Waals surface area (Å²) in [5, 5.41) is 2.95. The molecule has 0 atom stereocenters. The second kappa shape index (κ2) is 5.64. The number of carbonyl (C=O) groups excluding carboxylic acids is 1. The summed E-state index contributed by atoms with van der Waals surface area (Å²) in [6.45, 7) is 5.96. The van der Waals surface area contributed by atoms with Gasteiger partial charge in [0.25, 0.3) is 5.91 Å². The van der Waals surface area contributed by atoms with E-state index >= 15 is 0 Å². The molecule has 0 spiro atoms. The Labute approximate surface area is 129 Å². The molecule has 1 N–H and O–H groups in total. The first kappa shape index (κ1) is 14.3. The molecule has 0 fully saturated rings. The SMILES string of the molecule is CCc1ccc(NC(=O)c2c(C)nc3c(C)cccn23)cc1. The summed E-state index contributed by atoms with van der Waals surface area (Å²) in [4.78, 5) is 17.1. The van der Waals surface area contributed by atoms with Crippen molar-refractivity contribution in [1.82, 2.24) is 9.38 Å². The minimum Gasteiger partial charge on any atom is -0.321 e. The first-order valence-electron chi connectivity index (χ1n) is 7.44. The van der Waals surface area contributed by atoms with Crippen molar-refractivity contribution in [2.45, 2.75) is 27.2 Å². The van der Waals surface area contributed by atoms with Gasteiger partial charge in [0.2, 0.25) is 0 Å². The zero-order valence-corrected chi connectivity index (χ0v) is 13.1. The summed E-state index contributed by atoms with van der Waals surface area (Å²) in [7, 11) is 0. The normalized spacial score (nSPS) is 10.9. The number of imidazole rings is 1. The standard InChI is InChI=1S/C18H19N3O/c1-4-14-7-9-15(10-8-14)20-18(22)16-13(3)19-17-12(2)6-5-11-21(16)17/h5-11H,4H2,1-3H3,(H,20,22). The highest BCUT2D eigenvalue weighted by molar-refractivity contribution is 6.04. The van der Waals surface area contributed by atoms with Crippen LogP contribution in [0.5, 0.6) is 0 Å². The van der Waals surface area contributed by atoms with Crippen molar-refractivity contribution >= 4 is 17.2 Å². The second-order valence-electron chi connectivity index (χ2n) is 5.44. The predicted octanol–water partition coefficient (Wildman–Crippen LogP) is 3.77. The third kappa shape index (κ3) is 2.48. The zero-order valence-electron chi connectivity index (χ0n) is 13.1. The van der Waals surface area contributed by atoms with E-state index in [-0.39, 0.29) is 5.91 Å². The third-order valence-corrected chi connectivity index (χ3v) is 3.85. The van der Waals surface area contributed by atoms with Crippen LogP contribution in [-0.4, -0.2) is 15.3 Å². The molecular weight excluding hydrogens is 274 g/mol. The number of hydrogen-bond acceptors (Lipinski definition) is 2. The molecule has 3 aromatic rings. The fourth-order valence-corrected chi connectivity index (χ4v) is 2.60. The quantitative estimate of drug-likeness (QED) is 0.799. The van der Waals surface area contributed by atoms with Crippen LogP contribution in [0, 0.1) is 13.8 Å². The molecule has 0 radical (unpaired) electrons. The molecule has 2 heterocycles. The topological polar surface area (TPSA) is 46.4 Å². The fourth-order valence-electron chi connectivity index (χ4n) is 2.60. The van der Waals surface area contributed by atoms with Crippen molar-refractivity contribution in [1.29, 1.82) is 0 Å². The third-order valence-electron chi connectivity index (χ3n) is 3.85. The van der Waals surface area contributed by atoms with Crippen molar-refractivity contribution in [2.75, 3.05) is 5.32 Å². The molecule has 4 nitrogen and oxygen atoms in total. The van der Waals surface area contributed by atoms with Crippen LogP contribution in [0.2, 0.25) is 0 Å². The van der Waals surface area contributed by atoms with Gasteiger partial charge in [-0.05, 0) is 49.6 Å². The molecule has 22 heavy (non-hydrogen) atoms. The van der Waals surface area contributed by atoms with Crippen LogP contribution in [0.15, 0.2) is 42.6 Å². The number of pyridine rings is 1. The number of hydrogen-bond donors (Lipinski definition) is 1. The van der Waals surface area contributed by atoms with E-state index in [0.717, 1.165) is 29.0 Å². The Morgan fingerprint density at radius 1 is 1.18 bits per heavy atom. The molecule has 3 rings (SSSR count). The maximum Gasteiger partial charge on any atom is 0.274 e. The number of aromatic nitrogens is 2. The summed E-state index contributed by atoms with van der Waals surface area (Å²) >= 11 is 0. The summed E-state index contributed by atoms with van der Waals surface area (Å²) in [6.07, 6.45) is 2.86. The van der Waals surface area contributed by atoms with Crippen LogP contribution in [0.1, 0.15) is 34.2 Å². The lowest BCUT2D eigenvalue weighted by molar-refractivity contribution is 0.102. The van der Waals surface area contributed by atoms with E-state index < -0.39 is 0 Å². The highest BCUT2D eigenvalue weighted by Crippen LogP contribution is 2.17. The van der Waals surface area contributed by atoms with Gasteiger partial charge in [-0.15, -0.1) is 0 Å². The average Bonchev–Trinajstić information content (AvgIpc) is 2.86. The number of nitrogens with one attached hydrogen (secondary N) is 1. The van der Waals surface area contributed by atoms with E-state index in [4.69, 9.17) is 0 Å². The van der Waals surface area contributed by atoms with Gasteiger partial charge in [0.15, 0.2) is 0 Å². The van der Waals surface area contributed by atoms with Crippen LogP contribution >= 0.6 is 0 Å². The average molecular weight is 293 g/mol. The predicted molar refractivity (Wildman–Crippen MR) is 88.4 cm³/mol. The van der Waals surface area contributed by atoms with Gasteiger partial charge in [-0.25, -0.2) is 4.98 Å². The Balaban J connectivity index is 1.95. The molecule has 0 bridgehead atoms. The minimum absolute atomic E-state index is 0.139. The van der Waals surface area contributed by atoms with Crippen LogP contribution in [-0.2, 0) is 6.42 Å². The van der Waals surface area contributed by atoms with E-state index in [2.05, 4.69) is 17.2 Å². The summed E-state index contributed by atoms with van der Waals surface area (Å²) in [5.74, 6) is -0.139. The fraction of sp³-hybridized carbons (Fsp3) is 0.222. The van der Waals surface area contributed by atoms with Gasteiger partial charge in [0.05, 0.1) is 5.69 Å². The molecule has 4 heteroatoms. The summed E-state index contributed by atoms with van der Waals surface area (Å²) < 4.78 is 1.85. The van der Waals surface area contributed by atoms with E-state index in [9.17, 15) is 4.79 Å². The van der Waals surface area contributed by atoms with Crippen LogP contribution < -0.4 is 5.32 Å². The zero-order chi connectivity index (χ0) is 15.7. The number of aryl methyl sites for hydroxylation is 3. The van der Waals surface area contributed by atoms with Crippen molar-refractivity contribution in [3.63, 3.8) is 0 Å². The van der Waals surface area contributed by atoms with Crippen molar-refractivity contribution in [3.05, 3.63) is 65.1 Å². The molecule has 0 aliphatic carbocycles. The molecule has 0 saturated heterocycles. The maximum atomic E-state index is 12.6. The molecule has 0 saturated carbocycles. The lowest BCUT2D eigenvalue weighted by atomic mass is 10.1. The number of fused-ring (bicyclic) bond motifs is 1. The molecule has 112 valence electrons. The summed E-state index contributed by atoms with van der Waals surface area (Å²) in [6, 6.07) is 11.8. The monoisotopic (exact) mass is 293 g/mol. The number of rotatable bonds is 3. The molecule has 0 aliphatic rings.